The van der Waals surface area contributed by atoms with Crippen LogP contribution in [0.15, 0.2) is 0 Å². The van der Waals surface area contributed by atoms with Gasteiger partial charge < -0.3 is 42.6 Å². The van der Waals surface area contributed by atoms with Gasteiger partial charge in [-0.05, 0) is 12.8 Å². The first-order chi connectivity index (χ1) is 21.8. The molecule has 0 aromatic carbocycles. The Morgan fingerprint density at radius 2 is 0.591 bits per heavy atom. The Kier molecular flexibility index (Phi) is 39.4. The summed E-state index contributed by atoms with van der Waals surface area (Å²) < 4.78 is 49.1. The molecule has 0 rings (SSSR count). The lowest BCUT2D eigenvalue weighted by atomic mass is 10.1. The van der Waals surface area contributed by atoms with E-state index in [1.807, 2.05) is 0 Å². The molecule has 10 heteroatoms. The highest BCUT2D eigenvalue weighted by Gasteiger charge is 2.02. The maximum Gasteiger partial charge on any atom is 0.305 e. The molecule has 0 heterocycles. The Hall–Kier alpha value is -0.850. The summed E-state index contributed by atoms with van der Waals surface area (Å²) in [5.74, 6) is -0.134. The third-order valence-corrected chi connectivity index (χ3v) is 6.72. The van der Waals surface area contributed by atoms with Crippen LogP contribution in [0.5, 0.6) is 0 Å². The van der Waals surface area contributed by atoms with Crippen LogP contribution >= 0.6 is 0 Å². The first-order valence-electron chi connectivity index (χ1n) is 17.6. The third-order valence-electron chi connectivity index (χ3n) is 6.72. The van der Waals surface area contributed by atoms with Gasteiger partial charge in [0.15, 0.2) is 0 Å². The van der Waals surface area contributed by atoms with Crippen molar-refractivity contribution < 1.29 is 47.4 Å². The van der Waals surface area contributed by atoms with Crippen LogP contribution in [0.1, 0.15) is 104 Å². The van der Waals surface area contributed by atoms with Crippen molar-refractivity contribution in [3.05, 3.63) is 0 Å². The van der Waals surface area contributed by atoms with Gasteiger partial charge in [0.2, 0.25) is 0 Å². The monoisotopic (exact) mass is 636 g/mol. The van der Waals surface area contributed by atoms with E-state index >= 15 is 0 Å². The molecule has 0 aliphatic rings. The Balaban J connectivity index is 3.09. The van der Waals surface area contributed by atoms with Crippen LogP contribution in [0.4, 0.5) is 0 Å². The van der Waals surface area contributed by atoms with Crippen LogP contribution in [0.3, 0.4) is 0 Å². The highest BCUT2D eigenvalue weighted by atomic mass is 16.6. The van der Waals surface area contributed by atoms with Gasteiger partial charge in [0.25, 0.3) is 0 Å². The third kappa shape index (κ3) is 39.2. The summed E-state index contributed by atoms with van der Waals surface area (Å²) in [6.07, 6.45) is 16.5. The van der Waals surface area contributed by atoms with Gasteiger partial charge in [-0.2, -0.15) is 0 Å². The van der Waals surface area contributed by atoms with Crippen LogP contribution in [0, 0.1) is 0 Å². The summed E-state index contributed by atoms with van der Waals surface area (Å²) in [7, 11) is 0. The van der Waals surface area contributed by atoms with Gasteiger partial charge >= 0.3 is 5.97 Å². The van der Waals surface area contributed by atoms with Crippen molar-refractivity contribution in [2.24, 2.45) is 0 Å². The molecule has 0 spiro atoms. The van der Waals surface area contributed by atoms with E-state index in [1.165, 1.54) is 64.2 Å². The highest BCUT2D eigenvalue weighted by Crippen LogP contribution is 2.09. The second-order valence-electron chi connectivity index (χ2n) is 10.8. The minimum absolute atomic E-state index is 0.134. The van der Waals surface area contributed by atoms with Gasteiger partial charge in [-0.25, -0.2) is 0 Å². The quantitative estimate of drug-likeness (QED) is 0.0576. The molecule has 0 saturated heterocycles. The maximum absolute atomic E-state index is 11.7. The molecule has 0 saturated carbocycles. The molecule has 0 aromatic rings. The SMILES string of the molecule is CCCCCCCCCC(=O)OCCOCCOCCOCCOCCOCCOCCOCCOCCCCCCCC. The maximum atomic E-state index is 11.7. The van der Waals surface area contributed by atoms with Crippen molar-refractivity contribution in [3.63, 3.8) is 0 Å². The smallest absolute Gasteiger partial charge is 0.305 e. The zero-order valence-corrected chi connectivity index (χ0v) is 28.5. The number of rotatable bonds is 39. The number of esters is 1. The minimum atomic E-state index is -0.134. The molecule has 0 atom stereocenters. The summed E-state index contributed by atoms with van der Waals surface area (Å²) in [5, 5.41) is 0. The fourth-order valence-electron chi connectivity index (χ4n) is 4.14. The van der Waals surface area contributed by atoms with Crippen molar-refractivity contribution in [2.75, 3.05) is 112 Å². The van der Waals surface area contributed by atoms with Gasteiger partial charge in [0.05, 0.1) is 99.1 Å². The lowest BCUT2D eigenvalue weighted by Crippen LogP contribution is -2.15. The molecule has 0 amide bonds. The fourth-order valence-corrected chi connectivity index (χ4v) is 4.14. The van der Waals surface area contributed by atoms with Crippen molar-refractivity contribution in [1.82, 2.24) is 0 Å². The molecule has 10 nitrogen and oxygen atoms in total. The Morgan fingerprint density at radius 1 is 0.318 bits per heavy atom. The molecule has 0 aliphatic carbocycles. The molecule has 0 unspecified atom stereocenters. The van der Waals surface area contributed by atoms with E-state index in [4.69, 9.17) is 42.6 Å². The van der Waals surface area contributed by atoms with Crippen LogP contribution in [0.25, 0.3) is 0 Å². The highest BCUT2D eigenvalue weighted by molar-refractivity contribution is 5.69. The summed E-state index contributed by atoms with van der Waals surface area (Å²) in [6.45, 7) is 13.4. The van der Waals surface area contributed by atoms with E-state index in [-0.39, 0.29) is 5.97 Å². The number of unbranched alkanes of at least 4 members (excludes halogenated alkanes) is 11. The summed E-state index contributed by atoms with van der Waals surface area (Å²) in [4.78, 5) is 11.7. The molecular formula is C34H68O10. The molecule has 0 bridgehead atoms. The predicted molar refractivity (Wildman–Crippen MR) is 173 cm³/mol. The van der Waals surface area contributed by atoms with E-state index in [0.717, 1.165) is 25.9 Å². The molecule has 0 aromatic heterocycles. The van der Waals surface area contributed by atoms with Gasteiger partial charge in [-0.1, -0.05) is 84.5 Å². The molecule has 0 radical (unpaired) electrons. The van der Waals surface area contributed by atoms with Crippen LogP contribution in [0.2, 0.25) is 0 Å². The molecule has 44 heavy (non-hydrogen) atoms. The van der Waals surface area contributed by atoms with Crippen molar-refractivity contribution in [1.29, 1.82) is 0 Å². The lowest BCUT2D eigenvalue weighted by molar-refractivity contribution is -0.145. The Morgan fingerprint density at radius 3 is 0.955 bits per heavy atom. The van der Waals surface area contributed by atoms with Crippen molar-refractivity contribution >= 4 is 5.97 Å². The van der Waals surface area contributed by atoms with Crippen LogP contribution in [-0.4, -0.2) is 118 Å². The van der Waals surface area contributed by atoms with E-state index in [0.29, 0.717) is 112 Å². The summed E-state index contributed by atoms with van der Waals surface area (Å²) >= 11 is 0. The Labute approximate surface area is 269 Å². The number of carbonyl (C=O) groups excluding carboxylic acids is 1. The van der Waals surface area contributed by atoms with Gasteiger partial charge in [0, 0.05) is 13.0 Å². The molecule has 264 valence electrons. The van der Waals surface area contributed by atoms with Gasteiger partial charge in [-0.15, -0.1) is 0 Å². The first kappa shape index (κ1) is 43.1. The number of hydrogen-bond acceptors (Lipinski definition) is 10. The average molecular weight is 637 g/mol. The summed E-state index contributed by atoms with van der Waals surface area (Å²) in [5.41, 5.74) is 0. The molecule has 0 fully saturated rings. The predicted octanol–water partition coefficient (Wildman–Crippen LogP) is 6.16. The van der Waals surface area contributed by atoms with Crippen molar-refractivity contribution in [2.45, 2.75) is 104 Å². The molecule has 0 aliphatic heterocycles. The van der Waals surface area contributed by atoms with Crippen LogP contribution < -0.4 is 0 Å². The van der Waals surface area contributed by atoms with E-state index in [9.17, 15) is 4.79 Å². The van der Waals surface area contributed by atoms with Crippen molar-refractivity contribution in [3.8, 4) is 0 Å². The van der Waals surface area contributed by atoms with Gasteiger partial charge in [0.1, 0.15) is 6.61 Å². The molecular weight excluding hydrogens is 568 g/mol. The normalized spacial score (nSPS) is 11.4. The average Bonchev–Trinajstić information content (AvgIpc) is 3.03. The zero-order chi connectivity index (χ0) is 31.9. The summed E-state index contributed by atoms with van der Waals surface area (Å²) in [6, 6.07) is 0. The standard InChI is InChI=1S/C34H68O10/c1-3-5-7-9-11-12-14-16-34(35)44-33-32-43-31-30-42-29-28-41-27-26-40-25-24-39-23-22-38-21-20-37-19-18-36-17-15-13-10-8-6-4-2/h3-33H2,1-2H3. The van der Waals surface area contributed by atoms with Crippen LogP contribution in [-0.2, 0) is 47.4 Å². The number of hydrogen-bond donors (Lipinski definition) is 0. The number of carbonyl (C=O) groups is 1. The topological polar surface area (TPSA) is 100 Å². The fraction of sp³-hybridized carbons (Fsp3) is 0.971. The van der Waals surface area contributed by atoms with E-state index in [2.05, 4.69) is 13.8 Å². The van der Waals surface area contributed by atoms with E-state index < -0.39 is 0 Å². The van der Waals surface area contributed by atoms with E-state index in [1.54, 1.807) is 0 Å². The molecule has 0 N–H and O–H groups in total. The minimum Gasteiger partial charge on any atom is -0.463 e. The second-order valence-corrected chi connectivity index (χ2v) is 10.8. The Bertz CT molecular complexity index is 538. The second kappa shape index (κ2) is 40.2. The largest absolute Gasteiger partial charge is 0.463 e. The van der Waals surface area contributed by atoms with Gasteiger partial charge in [-0.3, -0.25) is 4.79 Å². The number of ether oxygens (including phenoxy) is 9. The first-order valence-corrected chi connectivity index (χ1v) is 17.6. The zero-order valence-electron chi connectivity index (χ0n) is 28.5. The lowest BCUT2D eigenvalue weighted by Gasteiger charge is -2.09.